The summed E-state index contributed by atoms with van der Waals surface area (Å²) in [6.07, 6.45) is 53.8. The summed E-state index contributed by atoms with van der Waals surface area (Å²) < 4.78 is 22.7. The Hall–Kier alpha value is -2.75. The van der Waals surface area contributed by atoms with Crippen molar-refractivity contribution in [2.75, 3.05) is 47.5 Å². The van der Waals surface area contributed by atoms with Gasteiger partial charge in [0.1, 0.15) is 13.2 Å². The van der Waals surface area contributed by atoms with Gasteiger partial charge >= 0.3 is 17.9 Å². The summed E-state index contributed by atoms with van der Waals surface area (Å²) in [4.78, 5) is 36.9. The number of aliphatic carboxylic acids is 1. The summed E-state index contributed by atoms with van der Waals surface area (Å²) in [6.45, 7) is 4.70. The van der Waals surface area contributed by atoms with Crippen LogP contribution in [0.1, 0.15) is 226 Å². The van der Waals surface area contributed by atoms with Crippen LogP contribution in [0.4, 0.5) is 0 Å². The number of unbranched alkanes of at least 4 members (excludes halogenated alkanes) is 25. The first-order valence-corrected chi connectivity index (χ1v) is 26.3. The molecular weight excluding hydrogens is 803 g/mol. The van der Waals surface area contributed by atoms with Crippen LogP contribution in [0.2, 0.25) is 0 Å². The largest absolute Gasteiger partial charge is 0.477 e. The predicted molar refractivity (Wildman–Crippen MR) is 267 cm³/mol. The monoisotopic (exact) mass is 903 g/mol. The van der Waals surface area contributed by atoms with E-state index < -0.39 is 24.3 Å². The summed E-state index contributed by atoms with van der Waals surface area (Å²) in [5, 5.41) is 9.61. The van der Waals surface area contributed by atoms with Crippen LogP contribution >= 0.6 is 0 Å². The number of carboxylic acid groups (broad SMARTS) is 1. The third-order valence-corrected chi connectivity index (χ3v) is 11.3. The maximum Gasteiger partial charge on any atom is 0.361 e. The molecule has 0 spiro atoms. The molecule has 0 heterocycles. The number of esters is 2. The lowest BCUT2D eigenvalue weighted by molar-refractivity contribution is -0.870. The Labute approximate surface area is 393 Å². The van der Waals surface area contributed by atoms with E-state index in [2.05, 4.69) is 62.5 Å². The van der Waals surface area contributed by atoms with Crippen LogP contribution in [0.3, 0.4) is 0 Å². The average Bonchev–Trinajstić information content (AvgIpc) is 3.26. The lowest BCUT2D eigenvalue weighted by Gasteiger charge is -2.25. The molecule has 0 saturated heterocycles. The van der Waals surface area contributed by atoms with Crippen LogP contribution in [-0.2, 0) is 33.3 Å². The van der Waals surface area contributed by atoms with Crippen LogP contribution in [0.5, 0.6) is 0 Å². The van der Waals surface area contributed by atoms with Gasteiger partial charge in [0.05, 0.1) is 34.4 Å². The number of hydrogen-bond donors (Lipinski definition) is 1. The van der Waals surface area contributed by atoms with E-state index >= 15 is 0 Å². The second kappa shape index (κ2) is 46.8. The summed E-state index contributed by atoms with van der Waals surface area (Å²) in [6, 6.07) is 0. The number of nitrogens with zero attached hydrogens (tertiary/aromatic N) is 1. The number of rotatable bonds is 48. The second-order valence-electron chi connectivity index (χ2n) is 18.8. The number of carboxylic acids is 1. The van der Waals surface area contributed by atoms with Gasteiger partial charge in [0.15, 0.2) is 6.10 Å². The van der Waals surface area contributed by atoms with E-state index in [1.807, 2.05) is 21.1 Å². The van der Waals surface area contributed by atoms with Crippen molar-refractivity contribution in [3.63, 3.8) is 0 Å². The maximum atomic E-state index is 12.8. The molecule has 64 heavy (non-hydrogen) atoms. The highest BCUT2D eigenvalue weighted by atomic mass is 16.7. The molecule has 0 radical (unpaired) electrons. The van der Waals surface area contributed by atoms with Gasteiger partial charge in [0, 0.05) is 12.8 Å². The Morgan fingerprint density at radius 2 is 0.891 bits per heavy atom. The quantitative estimate of drug-likeness (QED) is 0.0211. The molecule has 0 bridgehead atoms. The molecule has 0 aliphatic heterocycles. The molecule has 0 aliphatic carbocycles. The highest BCUT2D eigenvalue weighted by molar-refractivity contribution is 5.71. The van der Waals surface area contributed by atoms with Crippen molar-refractivity contribution in [3.05, 3.63) is 48.6 Å². The van der Waals surface area contributed by atoms with E-state index in [0.29, 0.717) is 17.4 Å². The Kier molecular flexibility index (Phi) is 44.8. The highest BCUT2D eigenvalue weighted by Gasteiger charge is 2.25. The number of quaternary nitrogens is 1. The van der Waals surface area contributed by atoms with E-state index in [-0.39, 0.29) is 32.2 Å². The number of hydrogen-bond acceptors (Lipinski definition) is 7. The fourth-order valence-corrected chi connectivity index (χ4v) is 7.30. The number of carbonyl (C=O) groups excluding carboxylic acids is 2. The SMILES string of the molecule is CC/C=C\C/C=C\C/C=C\C/C=C\CCCCCCCCCCCCCCCCCCCCCCC(=O)OC(COC(=O)CCCCCCCC)COC(OCC[N+](C)(C)C)C(=O)O. The number of carbonyl (C=O) groups is 3. The third-order valence-electron chi connectivity index (χ3n) is 11.3. The molecule has 2 unspecified atom stereocenters. The maximum absolute atomic E-state index is 12.8. The van der Waals surface area contributed by atoms with Crippen molar-refractivity contribution in [1.82, 2.24) is 0 Å². The first-order chi connectivity index (χ1) is 31.1. The van der Waals surface area contributed by atoms with Crippen molar-refractivity contribution in [2.24, 2.45) is 0 Å². The van der Waals surface area contributed by atoms with Gasteiger partial charge in [0.2, 0.25) is 0 Å². The molecule has 0 fully saturated rings. The Bertz CT molecular complexity index is 1190. The molecule has 0 saturated carbocycles. The van der Waals surface area contributed by atoms with E-state index in [9.17, 15) is 19.5 Å². The Morgan fingerprint density at radius 3 is 1.33 bits per heavy atom. The molecule has 2 atom stereocenters. The van der Waals surface area contributed by atoms with Crippen LogP contribution in [-0.4, -0.2) is 87.4 Å². The fraction of sp³-hybridized carbons (Fsp3) is 0.800. The first-order valence-electron chi connectivity index (χ1n) is 26.3. The minimum absolute atomic E-state index is 0.179. The zero-order chi connectivity index (χ0) is 47.0. The summed E-state index contributed by atoms with van der Waals surface area (Å²) in [7, 11) is 5.95. The average molecular weight is 903 g/mol. The fourth-order valence-electron chi connectivity index (χ4n) is 7.30. The minimum atomic E-state index is -1.50. The molecule has 0 aromatic rings. The molecule has 0 rings (SSSR count). The number of allylic oxidation sites excluding steroid dienone is 8. The zero-order valence-corrected chi connectivity index (χ0v) is 42.2. The van der Waals surface area contributed by atoms with Crippen LogP contribution in [0.25, 0.3) is 0 Å². The third kappa shape index (κ3) is 47.2. The first kappa shape index (κ1) is 61.2. The van der Waals surface area contributed by atoms with Crippen molar-refractivity contribution in [1.29, 1.82) is 0 Å². The molecule has 372 valence electrons. The van der Waals surface area contributed by atoms with Gasteiger partial charge in [-0.05, 0) is 51.4 Å². The molecule has 0 amide bonds. The van der Waals surface area contributed by atoms with Crippen molar-refractivity contribution >= 4 is 17.9 Å². The lowest BCUT2D eigenvalue weighted by atomic mass is 10.0. The Morgan fingerprint density at radius 1 is 0.484 bits per heavy atom. The number of ether oxygens (including phenoxy) is 4. The van der Waals surface area contributed by atoms with Gasteiger partial charge in [-0.1, -0.05) is 210 Å². The Balaban J connectivity index is 3.93. The standard InChI is InChI=1S/C55H99NO8/c1-6-8-10-12-14-15-16-17-18-19-20-21-22-23-24-25-26-27-28-29-30-31-32-33-34-35-36-37-38-39-40-42-44-46-53(58)64-51(49-62-52(57)45-43-41-13-11-9-7-2)50-63-55(54(59)60)61-48-47-56(3,4)5/h8,10,14-15,17-18,20-21,51,55H,6-7,9,11-13,16,19,22-50H2,1-5H3/p+1/b10-8-,15-14-,18-17-,21-20-. The van der Waals surface area contributed by atoms with Gasteiger partial charge in [0.25, 0.3) is 6.29 Å². The van der Waals surface area contributed by atoms with Crippen LogP contribution in [0, 0.1) is 0 Å². The molecule has 0 aliphatic rings. The lowest BCUT2D eigenvalue weighted by Crippen LogP contribution is -2.40. The molecule has 9 heteroatoms. The summed E-state index contributed by atoms with van der Waals surface area (Å²) >= 11 is 0. The normalized spacial score (nSPS) is 13.2. The van der Waals surface area contributed by atoms with Gasteiger partial charge in [-0.15, -0.1) is 0 Å². The van der Waals surface area contributed by atoms with Crippen molar-refractivity contribution in [3.8, 4) is 0 Å². The topological polar surface area (TPSA) is 108 Å². The van der Waals surface area contributed by atoms with Gasteiger partial charge in [-0.25, -0.2) is 4.79 Å². The molecule has 0 aromatic carbocycles. The van der Waals surface area contributed by atoms with Crippen molar-refractivity contribution < 1.29 is 42.9 Å². The second-order valence-corrected chi connectivity index (χ2v) is 18.8. The predicted octanol–water partition coefficient (Wildman–Crippen LogP) is 14.7. The van der Waals surface area contributed by atoms with Gasteiger partial charge < -0.3 is 28.5 Å². The number of likely N-dealkylation sites (N-methyl/N-ethyl adjacent to an activating group) is 1. The van der Waals surface area contributed by atoms with Crippen LogP contribution in [0.15, 0.2) is 48.6 Å². The van der Waals surface area contributed by atoms with Gasteiger partial charge in [-0.3, -0.25) is 9.59 Å². The van der Waals surface area contributed by atoms with E-state index in [4.69, 9.17) is 18.9 Å². The zero-order valence-electron chi connectivity index (χ0n) is 42.2. The minimum Gasteiger partial charge on any atom is -0.477 e. The molecule has 0 aromatic heterocycles. The molecule has 9 nitrogen and oxygen atoms in total. The van der Waals surface area contributed by atoms with E-state index in [1.54, 1.807) is 0 Å². The van der Waals surface area contributed by atoms with E-state index in [0.717, 1.165) is 64.2 Å². The van der Waals surface area contributed by atoms with Gasteiger partial charge in [-0.2, -0.15) is 0 Å². The molecular formula is C55H100NO8+. The van der Waals surface area contributed by atoms with Crippen molar-refractivity contribution in [2.45, 2.75) is 238 Å². The summed E-state index contributed by atoms with van der Waals surface area (Å²) in [5.41, 5.74) is 0. The van der Waals surface area contributed by atoms with Crippen LogP contribution < -0.4 is 0 Å². The highest BCUT2D eigenvalue weighted by Crippen LogP contribution is 2.16. The summed E-state index contributed by atoms with van der Waals surface area (Å²) in [5.74, 6) is -2.01. The smallest absolute Gasteiger partial charge is 0.361 e. The molecule has 1 N–H and O–H groups in total. The van der Waals surface area contributed by atoms with E-state index in [1.165, 1.54) is 135 Å².